The molecule has 1 aliphatic carbocycles. The van der Waals surface area contributed by atoms with Crippen molar-refractivity contribution in [3.63, 3.8) is 0 Å². The van der Waals surface area contributed by atoms with Crippen LogP contribution in [0.4, 0.5) is 0 Å². The van der Waals surface area contributed by atoms with E-state index in [-0.39, 0.29) is 0 Å². The van der Waals surface area contributed by atoms with Crippen LogP contribution in [-0.4, -0.2) is 21.9 Å². The summed E-state index contributed by atoms with van der Waals surface area (Å²) in [5.41, 5.74) is 1.24. The second kappa shape index (κ2) is 6.99. The Balaban J connectivity index is 1.51. The van der Waals surface area contributed by atoms with Crippen LogP contribution in [0.5, 0.6) is 5.75 Å². The van der Waals surface area contributed by atoms with E-state index in [1.807, 2.05) is 12.1 Å². The SMILES string of the molecule is COc1cccc(CSc2nnc(Cc3cccs3)n2C2CC2)c1. The molecule has 0 N–H and O–H groups in total. The van der Waals surface area contributed by atoms with Crippen molar-refractivity contribution < 1.29 is 4.74 Å². The van der Waals surface area contributed by atoms with Crippen LogP contribution in [-0.2, 0) is 12.2 Å². The van der Waals surface area contributed by atoms with Crippen molar-refractivity contribution in [2.24, 2.45) is 0 Å². The molecule has 0 radical (unpaired) electrons. The highest BCUT2D eigenvalue weighted by Crippen LogP contribution is 2.39. The van der Waals surface area contributed by atoms with Gasteiger partial charge in [-0.2, -0.15) is 0 Å². The predicted molar refractivity (Wildman–Crippen MR) is 98.0 cm³/mol. The number of hydrogen-bond donors (Lipinski definition) is 0. The topological polar surface area (TPSA) is 39.9 Å². The standard InChI is InChI=1S/C18H19N3OS2/c1-22-15-5-2-4-13(10-15)12-24-18-20-19-17(21(18)14-7-8-14)11-16-6-3-9-23-16/h2-6,9-10,14H,7-8,11-12H2,1H3. The Morgan fingerprint density at radius 3 is 2.92 bits per heavy atom. The average Bonchev–Trinajstić information content (AvgIpc) is 3.16. The average molecular weight is 358 g/mol. The minimum Gasteiger partial charge on any atom is -0.497 e. The number of thioether (sulfide) groups is 1. The lowest BCUT2D eigenvalue weighted by Crippen LogP contribution is -2.03. The molecule has 0 aliphatic heterocycles. The van der Waals surface area contributed by atoms with Crippen molar-refractivity contribution in [2.45, 2.75) is 36.2 Å². The van der Waals surface area contributed by atoms with E-state index in [2.05, 4.69) is 44.4 Å². The quantitative estimate of drug-likeness (QED) is 0.581. The maximum Gasteiger partial charge on any atom is 0.191 e. The Bertz CT molecular complexity index is 810. The van der Waals surface area contributed by atoms with Crippen LogP contribution >= 0.6 is 23.1 Å². The maximum absolute atomic E-state index is 5.30. The zero-order valence-electron chi connectivity index (χ0n) is 13.5. The van der Waals surface area contributed by atoms with E-state index in [0.717, 1.165) is 28.9 Å². The molecule has 0 spiro atoms. The predicted octanol–water partition coefficient (Wildman–Crippen LogP) is 4.57. The second-order valence-corrected chi connectivity index (χ2v) is 7.87. The Labute approximate surface area is 149 Å². The molecule has 124 valence electrons. The summed E-state index contributed by atoms with van der Waals surface area (Å²) in [6.07, 6.45) is 3.35. The molecule has 1 fully saturated rings. The maximum atomic E-state index is 5.30. The normalized spacial score (nSPS) is 14.0. The van der Waals surface area contributed by atoms with Gasteiger partial charge >= 0.3 is 0 Å². The first-order valence-electron chi connectivity index (χ1n) is 8.05. The highest BCUT2D eigenvalue weighted by Gasteiger charge is 2.29. The van der Waals surface area contributed by atoms with E-state index in [4.69, 9.17) is 4.74 Å². The molecule has 0 unspecified atom stereocenters. The molecule has 0 saturated heterocycles. The summed E-state index contributed by atoms with van der Waals surface area (Å²) in [4.78, 5) is 1.34. The lowest BCUT2D eigenvalue weighted by atomic mass is 10.2. The number of ether oxygens (including phenoxy) is 1. The molecule has 0 bridgehead atoms. The van der Waals surface area contributed by atoms with E-state index in [1.54, 1.807) is 30.2 Å². The minimum absolute atomic E-state index is 0.586. The summed E-state index contributed by atoms with van der Waals surface area (Å²) in [7, 11) is 1.70. The van der Waals surface area contributed by atoms with E-state index in [0.29, 0.717) is 6.04 Å². The third-order valence-corrected chi connectivity index (χ3v) is 5.95. The second-order valence-electron chi connectivity index (χ2n) is 5.90. The molecule has 2 aromatic heterocycles. The van der Waals surface area contributed by atoms with Crippen LogP contribution < -0.4 is 4.74 Å². The Kier molecular flexibility index (Phi) is 4.58. The van der Waals surface area contributed by atoms with Gasteiger partial charge in [-0.15, -0.1) is 21.5 Å². The van der Waals surface area contributed by atoms with E-state index in [9.17, 15) is 0 Å². The fourth-order valence-electron chi connectivity index (χ4n) is 2.70. The molecule has 24 heavy (non-hydrogen) atoms. The number of nitrogens with zero attached hydrogens (tertiary/aromatic N) is 3. The van der Waals surface area contributed by atoms with Crippen LogP contribution in [0.25, 0.3) is 0 Å². The van der Waals surface area contributed by atoms with Crippen molar-refractivity contribution >= 4 is 23.1 Å². The zero-order valence-corrected chi connectivity index (χ0v) is 15.1. The Morgan fingerprint density at radius 1 is 1.25 bits per heavy atom. The van der Waals surface area contributed by atoms with Gasteiger partial charge in [0.25, 0.3) is 0 Å². The molecule has 2 heterocycles. The fraction of sp³-hybridized carbons (Fsp3) is 0.333. The van der Waals surface area contributed by atoms with Gasteiger partial charge in [0, 0.05) is 23.1 Å². The van der Waals surface area contributed by atoms with E-state index >= 15 is 0 Å². The molecule has 0 atom stereocenters. The Hall–Kier alpha value is -1.79. The number of benzene rings is 1. The van der Waals surface area contributed by atoms with Crippen LogP contribution in [0.1, 0.15) is 35.1 Å². The number of methoxy groups -OCH3 is 1. The molecule has 0 amide bonds. The number of hydrogen-bond acceptors (Lipinski definition) is 5. The number of thiophene rings is 1. The fourth-order valence-corrected chi connectivity index (χ4v) is 4.37. The first kappa shape index (κ1) is 15.7. The van der Waals surface area contributed by atoms with Crippen molar-refractivity contribution in [1.29, 1.82) is 0 Å². The van der Waals surface area contributed by atoms with Gasteiger partial charge in [-0.1, -0.05) is 30.0 Å². The van der Waals surface area contributed by atoms with Crippen LogP contribution in [0.2, 0.25) is 0 Å². The number of aromatic nitrogens is 3. The highest BCUT2D eigenvalue weighted by molar-refractivity contribution is 7.98. The molecular weight excluding hydrogens is 338 g/mol. The van der Waals surface area contributed by atoms with Gasteiger partial charge in [0.15, 0.2) is 5.16 Å². The highest BCUT2D eigenvalue weighted by atomic mass is 32.2. The van der Waals surface area contributed by atoms with Gasteiger partial charge < -0.3 is 9.30 Å². The first-order chi connectivity index (χ1) is 11.8. The van der Waals surface area contributed by atoms with Crippen molar-refractivity contribution in [3.05, 3.63) is 58.0 Å². The lowest BCUT2D eigenvalue weighted by Gasteiger charge is -2.08. The lowest BCUT2D eigenvalue weighted by molar-refractivity contribution is 0.414. The number of rotatable bonds is 7. The molecular formula is C18H19N3OS2. The van der Waals surface area contributed by atoms with Gasteiger partial charge in [0.2, 0.25) is 0 Å². The van der Waals surface area contributed by atoms with Gasteiger partial charge in [-0.25, -0.2) is 0 Å². The zero-order chi connectivity index (χ0) is 16.4. The first-order valence-corrected chi connectivity index (χ1v) is 9.92. The Morgan fingerprint density at radius 2 is 2.17 bits per heavy atom. The van der Waals surface area contributed by atoms with Crippen molar-refractivity contribution in [2.75, 3.05) is 7.11 Å². The molecule has 6 heteroatoms. The van der Waals surface area contributed by atoms with Crippen LogP contribution in [0.15, 0.2) is 46.9 Å². The summed E-state index contributed by atoms with van der Waals surface area (Å²) in [5.74, 6) is 2.87. The summed E-state index contributed by atoms with van der Waals surface area (Å²) >= 11 is 3.54. The molecule has 4 nitrogen and oxygen atoms in total. The minimum atomic E-state index is 0.586. The van der Waals surface area contributed by atoms with Crippen molar-refractivity contribution in [3.8, 4) is 5.75 Å². The molecule has 3 aromatic rings. The van der Waals surface area contributed by atoms with Crippen LogP contribution in [0, 0.1) is 0 Å². The largest absolute Gasteiger partial charge is 0.497 e. The molecule has 1 saturated carbocycles. The molecule has 1 aromatic carbocycles. The summed E-state index contributed by atoms with van der Waals surface area (Å²) in [6.45, 7) is 0. The van der Waals surface area contributed by atoms with Gasteiger partial charge in [0.05, 0.1) is 7.11 Å². The molecule has 4 rings (SSSR count). The summed E-state index contributed by atoms with van der Waals surface area (Å²) < 4.78 is 7.65. The van der Waals surface area contributed by atoms with Gasteiger partial charge in [-0.3, -0.25) is 0 Å². The summed E-state index contributed by atoms with van der Waals surface area (Å²) in [5, 5.41) is 12.1. The third-order valence-electron chi connectivity index (χ3n) is 4.06. The smallest absolute Gasteiger partial charge is 0.191 e. The third kappa shape index (κ3) is 3.49. The van der Waals surface area contributed by atoms with Gasteiger partial charge in [0.1, 0.15) is 11.6 Å². The van der Waals surface area contributed by atoms with Crippen LogP contribution in [0.3, 0.4) is 0 Å². The monoisotopic (exact) mass is 357 g/mol. The van der Waals surface area contributed by atoms with E-state index in [1.165, 1.54) is 23.3 Å². The molecule has 1 aliphatic rings. The van der Waals surface area contributed by atoms with Crippen molar-refractivity contribution in [1.82, 2.24) is 14.8 Å². The van der Waals surface area contributed by atoms with E-state index < -0.39 is 0 Å². The summed E-state index contributed by atoms with van der Waals surface area (Å²) in [6, 6.07) is 13.1. The van der Waals surface area contributed by atoms with Gasteiger partial charge in [-0.05, 0) is 42.0 Å².